The first-order valence-electron chi connectivity index (χ1n) is 12.8. The molecular weight excluding hydrogens is 388 g/mol. The third-order valence-corrected chi connectivity index (χ3v) is 7.00. The van der Waals surface area contributed by atoms with E-state index in [9.17, 15) is 4.79 Å². The minimum Gasteiger partial charge on any atom is -0.494 e. The summed E-state index contributed by atoms with van der Waals surface area (Å²) in [5.41, 5.74) is 1.50. The maximum Gasteiger partial charge on any atom is 0.508 e. The predicted molar refractivity (Wildman–Crippen MR) is 125 cm³/mol. The van der Waals surface area contributed by atoms with Gasteiger partial charge in [-0.25, -0.2) is 4.79 Å². The zero-order valence-corrected chi connectivity index (χ0v) is 19.5. The molecule has 0 radical (unpaired) electrons. The molecule has 2 fully saturated rings. The van der Waals surface area contributed by atoms with Gasteiger partial charge in [-0.2, -0.15) is 0 Å². The van der Waals surface area contributed by atoms with Gasteiger partial charge in [0.25, 0.3) is 0 Å². The van der Waals surface area contributed by atoms with Crippen LogP contribution in [0.2, 0.25) is 0 Å². The van der Waals surface area contributed by atoms with Crippen LogP contribution in [0.1, 0.15) is 108 Å². The van der Waals surface area contributed by atoms with Gasteiger partial charge in [0.05, 0.1) is 6.61 Å². The molecule has 4 nitrogen and oxygen atoms in total. The molecule has 31 heavy (non-hydrogen) atoms. The van der Waals surface area contributed by atoms with Crippen LogP contribution in [0.4, 0.5) is 4.79 Å². The largest absolute Gasteiger partial charge is 0.508 e. The van der Waals surface area contributed by atoms with Crippen LogP contribution in [0, 0.1) is 5.92 Å². The Kier molecular flexibility index (Phi) is 10.5. The minimum absolute atomic E-state index is 0.0281. The van der Waals surface area contributed by atoms with Crippen molar-refractivity contribution in [3.05, 3.63) is 29.8 Å². The van der Waals surface area contributed by atoms with Crippen molar-refractivity contribution in [2.45, 2.75) is 109 Å². The summed E-state index contributed by atoms with van der Waals surface area (Å²) in [4.78, 5) is 10.9. The lowest BCUT2D eigenvalue weighted by molar-refractivity contribution is 0.115. The molecule has 1 aromatic carbocycles. The van der Waals surface area contributed by atoms with Gasteiger partial charge >= 0.3 is 6.16 Å². The number of rotatable bonds is 14. The molecule has 1 atom stereocenters. The molecule has 2 aliphatic rings. The lowest BCUT2D eigenvalue weighted by Gasteiger charge is -2.29. The minimum atomic E-state index is -0.514. The summed E-state index contributed by atoms with van der Waals surface area (Å²) in [6.45, 7) is 3.50. The highest BCUT2D eigenvalue weighted by molar-refractivity contribution is 5.61. The number of carbonyl (C=O) groups excluding carboxylic acids is 1. The molecule has 1 unspecified atom stereocenters. The smallest absolute Gasteiger partial charge is 0.494 e. The Balaban J connectivity index is 1.21. The van der Waals surface area contributed by atoms with E-state index in [1.54, 1.807) is 0 Å². The van der Waals surface area contributed by atoms with Gasteiger partial charge in [-0.15, -0.1) is 0 Å². The average molecular weight is 431 g/mol. The van der Waals surface area contributed by atoms with Crippen molar-refractivity contribution in [3.8, 4) is 5.75 Å². The maximum absolute atomic E-state index is 10.9. The molecule has 0 amide bonds. The van der Waals surface area contributed by atoms with Crippen molar-refractivity contribution in [1.82, 2.24) is 0 Å². The van der Waals surface area contributed by atoms with E-state index >= 15 is 0 Å². The Labute approximate surface area is 189 Å². The van der Waals surface area contributed by atoms with E-state index in [2.05, 4.69) is 31.2 Å². The van der Waals surface area contributed by atoms with Crippen molar-refractivity contribution in [3.63, 3.8) is 0 Å². The first-order chi connectivity index (χ1) is 15.2. The first-order valence-corrected chi connectivity index (χ1v) is 12.8. The molecule has 1 heterocycles. The molecule has 174 valence electrons. The van der Waals surface area contributed by atoms with Crippen LogP contribution in [0.15, 0.2) is 24.3 Å². The molecule has 0 aromatic heterocycles. The Hall–Kier alpha value is -1.71. The number of hydrogen-bond donors (Lipinski definition) is 0. The summed E-state index contributed by atoms with van der Waals surface area (Å²) in [7, 11) is 0. The Bertz CT molecular complexity index is 619. The van der Waals surface area contributed by atoms with Gasteiger partial charge in [-0.05, 0) is 74.5 Å². The fourth-order valence-corrected chi connectivity index (χ4v) is 5.01. The molecule has 1 aliphatic carbocycles. The fraction of sp³-hybridized carbons (Fsp3) is 0.741. The second-order valence-electron chi connectivity index (χ2n) is 9.49. The number of unbranched alkanes of at least 4 members (excludes halogenated alkanes) is 6. The van der Waals surface area contributed by atoms with E-state index in [1.807, 2.05) is 0 Å². The molecule has 0 N–H and O–H groups in total. The van der Waals surface area contributed by atoms with E-state index in [1.165, 1.54) is 76.2 Å². The lowest BCUT2D eigenvalue weighted by atomic mass is 9.77. The van der Waals surface area contributed by atoms with Crippen LogP contribution < -0.4 is 4.74 Å². The van der Waals surface area contributed by atoms with E-state index in [4.69, 9.17) is 14.2 Å². The molecular formula is C27H42O4. The number of hydrogen-bond acceptors (Lipinski definition) is 4. The average Bonchev–Trinajstić information content (AvgIpc) is 3.22. The van der Waals surface area contributed by atoms with E-state index in [0.717, 1.165) is 43.5 Å². The van der Waals surface area contributed by atoms with Crippen LogP contribution in [-0.4, -0.2) is 25.5 Å². The molecule has 0 bridgehead atoms. The van der Waals surface area contributed by atoms with E-state index < -0.39 is 6.16 Å². The monoisotopic (exact) mass is 430 g/mol. The standard InChI is InChI=1S/C27H42O4/c1-2-3-7-10-22-12-14-23(15-13-22)24-16-18-25(19-17-24)29-20-9-6-4-5-8-11-26-21-30-27(28)31-26/h16-19,22-23,26H,2-15,20-21H2,1H3. The summed E-state index contributed by atoms with van der Waals surface area (Å²) < 4.78 is 15.8. The Morgan fingerprint density at radius 1 is 0.871 bits per heavy atom. The molecule has 1 saturated heterocycles. The third-order valence-electron chi connectivity index (χ3n) is 7.00. The van der Waals surface area contributed by atoms with E-state index in [0.29, 0.717) is 6.61 Å². The Morgan fingerprint density at radius 2 is 1.58 bits per heavy atom. The fourth-order valence-electron chi connectivity index (χ4n) is 5.01. The van der Waals surface area contributed by atoms with Gasteiger partial charge in [-0.3, -0.25) is 0 Å². The normalized spacial score (nSPS) is 23.4. The summed E-state index contributed by atoms with van der Waals surface area (Å²) in [5, 5.41) is 0. The predicted octanol–water partition coefficient (Wildman–Crippen LogP) is 7.80. The summed E-state index contributed by atoms with van der Waals surface area (Å²) in [6, 6.07) is 8.90. The van der Waals surface area contributed by atoms with Gasteiger partial charge in [0, 0.05) is 0 Å². The molecule has 4 heteroatoms. The van der Waals surface area contributed by atoms with Gasteiger partial charge in [-0.1, -0.05) is 64.0 Å². The van der Waals surface area contributed by atoms with Gasteiger partial charge < -0.3 is 14.2 Å². The van der Waals surface area contributed by atoms with Crippen LogP contribution in [-0.2, 0) is 9.47 Å². The van der Waals surface area contributed by atoms with E-state index in [-0.39, 0.29) is 6.10 Å². The number of benzene rings is 1. The van der Waals surface area contributed by atoms with Crippen molar-refractivity contribution in [2.75, 3.05) is 13.2 Å². The second-order valence-corrected chi connectivity index (χ2v) is 9.49. The van der Waals surface area contributed by atoms with Crippen molar-refractivity contribution >= 4 is 6.16 Å². The Morgan fingerprint density at radius 3 is 2.29 bits per heavy atom. The first kappa shape index (κ1) is 23.9. The third kappa shape index (κ3) is 8.74. The molecule has 1 saturated carbocycles. The van der Waals surface area contributed by atoms with Crippen LogP contribution in [0.5, 0.6) is 5.75 Å². The second kappa shape index (κ2) is 13.6. The van der Waals surface area contributed by atoms with Gasteiger partial charge in [0.15, 0.2) is 0 Å². The molecule has 3 rings (SSSR count). The SMILES string of the molecule is CCCCCC1CCC(c2ccc(OCCCCCCCC3COC(=O)O3)cc2)CC1. The molecule has 1 aliphatic heterocycles. The maximum atomic E-state index is 10.9. The highest BCUT2D eigenvalue weighted by atomic mass is 16.8. The van der Waals surface area contributed by atoms with Crippen molar-refractivity contribution in [1.29, 1.82) is 0 Å². The zero-order valence-electron chi connectivity index (χ0n) is 19.5. The van der Waals surface area contributed by atoms with Crippen molar-refractivity contribution in [2.24, 2.45) is 5.92 Å². The van der Waals surface area contributed by atoms with Crippen LogP contribution >= 0.6 is 0 Å². The van der Waals surface area contributed by atoms with Gasteiger partial charge in [0.1, 0.15) is 18.5 Å². The van der Waals surface area contributed by atoms with Crippen molar-refractivity contribution < 1.29 is 19.0 Å². The van der Waals surface area contributed by atoms with Crippen LogP contribution in [0.25, 0.3) is 0 Å². The highest BCUT2D eigenvalue weighted by Crippen LogP contribution is 2.38. The molecule has 0 spiro atoms. The summed E-state index contributed by atoms with van der Waals surface area (Å²) >= 11 is 0. The topological polar surface area (TPSA) is 44.8 Å². The zero-order chi connectivity index (χ0) is 21.7. The lowest BCUT2D eigenvalue weighted by Crippen LogP contribution is -2.13. The summed E-state index contributed by atoms with van der Waals surface area (Å²) in [5.74, 6) is 2.72. The summed E-state index contributed by atoms with van der Waals surface area (Å²) in [6.07, 6.45) is 17.2. The number of cyclic esters (lactones) is 2. The highest BCUT2D eigenvalue weighted by Gasteiger charge is 2.24. The number of carbonyl (C=O) groups is 1. The number of ether oxygens (including phenoxy) is 3. The van der Waals surface area contributed by atoms with Gasteiger partial charge in [0.2, 0.25) is 0 Å². The van der Waals surface area contributed by atoms with Crippen LogP contribution in [0.3, 0.4) is 0 Å². The molecule has 1 aromatic rings. The quantitative estimate of drug-likeness (QED) is 0.223.